The van der Waals surface area contributed by atoms with Gasteiger partial charge in [0.05, 0.1) is 23.0 Å². The molecule has 0 aliphatic rings. The SMILES string of the molecule is COc1ccc2nc(Nc3ccc(Cl)cc3Br)sc2c1. The Bertz CT molecular complexity index is 775. The second kappa shape index (κ2) is 5.60. The van der Waals surface area contributed by atoms with Gasteiger partial charge in [0.2, 0.25) is 0 Å². The summed E-state index contributed by atoms with van der Waals surface area (Å²) in [4.78, 5) is 4.54. The van der Waals surface area contributed by atoms with Crippen molar-refractivity contribution in [2.45, 2.75) is 0 Å². The molecule has 1 aromatic heterocycles. The van der Waals surface area contributed by atoms with Gasteiger partial charge in [-0.05, 0) is 52.3 Å². The van der Waals surface area contributed by atoms with Gasteiger partial charge in [-0.15, -0.1) is 0 Å². The van der Waals surface area contributed by atoms with Gasteiger partial charge in [-0.1, -0.05) is 22.9 Å². The number of rotatable bonds is 3. The lowest BCUT2D eigenvalue weighted by molar-refractivity contribution is 0.415. The highest BCUT2D eigenvalue weighted by molar-refractivity contribution is 9.10. The zero-order valence-electron chi connectivity index (χ0n) is 10.5. The van der Waals surface area contributed by atoms with Gasteiger partial charge in [-0.2, -0.15) is 0 Å². The topological polar surface area (TPSA) is 34.1 Å². The lowest BCUT2D eigenvalue weighted by Crippen LogP contribution is -1.89. The molecule has 0 aliphatic heterocycles. The van der Waals surface area contributed by atoms with Gasteiger partial charge in [0.15, 0.2) is 5.13 Å². The smallest absolute Gasteiger partial charge is 0.188 e. The number of nitrogens with zero attached hydrogens (tertiary/aromatic N) is 1. The molecule has 2 aromatic carbocycles. The Kier molecular flexibility index (Phi) is 3.83. The van der Waals surface area contributed by atoms with Crippen LogP contribution < -0.4 is 10.1 Å². The highest BCUT2D eigenvalue weighted by Gasteiger charge is 2.07. The number of benzene rings is 2. The molecule has 6 heteroatoms. The summed E-state index contributed by atoms with van der Waals surface area (Å²) in [5, 5.41) is 4.81. The Labute approximate surface area is 133 Å². The quantitative estimate of drug-likeness (QED) is 0.665. The Hall–Kier alpha value is -1.30. The maximum absolute atomic E-state index is 5.93. The lowest BCUT2D eigenvalue weighted by atomic mass is 10.3. The first-order valence-corrected chi connectivity index (χ1v) is 7.81. The number of thiazole rings is 1. The van der Waals surface area contributed by atoms with Crippen molar-refractivity contribution < 1.29 is 4.74 Å². The van der Waals surface area contributed by atoms with Crippen LogP contribution in [0.2, 0.25) is 5.02 Å². The van der Waals surface area contributed by atoms with Crippen LogP contribution in [-0.4, -0.2) is 12.1 Å². The highest BCUT2D eigenvalue weighted by Crippen LogP contribution is 2.33. The Balaban J connectivity index is 1.94. The summed E-state index contributed by atoms with van der Waals surface area (Å²) in [5.74, 6) is 0.834. The molecule has 1 heterocycles. The largest absolute Gasteiger partial charge is 0.497 e. The number of fused-ring (bicyclic) bond motifs is 1. The van der Waals surface area contributed by atoms with Crippen molar-refractivity contribution in [3.63, 3.8) is 0 Å². The van der Waals surface area contributed by atoms with Crippen molar-refractivity contribution in [3.8, 4) is 5.75 Å². The molecule has 3 rings (SSSR count). The fraction of sp³-hybridized carbons (Fsp3) is 0.0714. The van der Waals surface area contributed by atoms with E-state index in [1.807, 2.05) is 36.4 Å². The van der Waals surface area contributed by atoms with E-state index < -0.39 is 0 Å². The third-order valence-electron chi connectivity index (χ3n) is 2.77. The van der Waals surface area contributed by atoms with Gasteiger partial charge < -0.3 is 10.1 Å². The van der Waals surface area contributed by atoms with Gasteiger partial charge in [0.25, 0.3) is 0 Å². The normalized spacial score (nSPS) is 10.8. The van der Waals surface area contributed by atoms with Gasteiger partial charge in [-0.3, -0.25) is 0 Å². The fourth-order valence-electron chi connectivity index (χ4n) is 1.79. The minimum atomic E-state index is 0.691. The summed E-state index contributed by atoms with van der Waals surface area (Å²) < 4.78 is 7.20. The Morgan fingerprint density at radius 1 is 1.25 bits per heavy atom. The average molecular weight is 370 g/mol. The minimum absolute atomic E-state index is 0.691. The second-order valence-corrected chi connectivity index (χ2v) is 6.42. The van der Waals surface area contributed by atoms with Crippen molar-refractivity contribution in [1.29, 1.82) is 0 Å². The molecule has 0 atom stereocenters. The van der Waals surface area contributed by atoms with Crippen LogP contribution in [0.1, 0.15) is 0 Å². The van der Waals surface area contributed by atoms with E-state index in [0.29, 0.717) is 5.02 Å². The summed E-state index contributed by atoms with van der Waals surface area (Å²) in [6.45, 7) is 0. The van der Waals surface area contributed by atoms with Crippen LogP contribution >= 0.6 is 38.9 Å². The first kappa shape index (κ1) is 13.7. The maximum atomic E-state index is 5.93. The molecule has 0 amide bonds. The zero-order valence-corrected chi connectivity index (χ0v) is 13.6. The van der Waals surface area contributed by atoms with Crippen LogP contribution in [0.3, 0.4) is 0 Å². The Morgan fingerprint density at radius 2 is 2.10 bits per heavy atom. The number of nitrogens with one attached hydrogen (secondary N) is 1. The van der Waals surface area contributed by atoms with E-state index >= 15 is 0 Å². The lowest BCUT2D eigenvalue weighted by Gasteiger charge is -2.05. The zero-order chi connectivity index (χ0) is 14.1. The Morgan fingerprint density at radius 3 is 2.85 bits per heavy atom. The maximum Gasteiger partial charge on any atom is 0.188 e. The van der Waals surface area contributed by atoms with Gasteiger partial charge in [0, 0.05) is 9.50 Å². The van der Waals surface area contributed by atoms with E-state index in [4.69, 9.17) is 16.3 Å². The van der Waals surface area contributed by atoms with E-state index in [9.17, 15) is 0 Å². The van der Waals surface area contributed by atoms with Crippen molar-refractivity contribution >= 4 is 59.9 Å². The van der Waals surface area contributed by atoms with Gasteiger partial charge in [-0.25, -0.2) is 4.98 Å². The second-order valence-electron chi connectivity index (χ2n) is 4.10. The molecule has 3 nitrogen and oxygen atoms in total. The molecule has 102 valence electrons. The standard InChI is InChI=1S/C14H10BrClN2OS/c1-19-9-3-5-12-13(7-9)20-14(18-12)17-11-4-2-8(16)6-10(11)15/h2-7H,1H3,(H,17,18). The monoisotopic (exact) mass is 368 g/mol. The molecule has 0 fully saturated rings. The van der Waals surface area contributed by atoms with Crippen molar-refractivity contribution in [2.24, 2.45) is 0 Å². The van der Waals surface area contributed by atoms with Crippen LogP contribution in [0.15, 0.2) is 40.9 Å². The average Bonchev–Trinajstić information content (AvgIpc) is 2.83. The predicted molar refractivity (Wildman–Crippen MR) is 88.6 cm³/mol. The van der Waals surface area contributed by atoms with Crippen LogP contribution in [0, 0.1) is 0 Å². The van der Waals surface area contributed by atoms with E-state index in [1.54, 1.807) is 18.4 Å². The van der Waals surface area contributed by atoms with Gasteiger partial charge >= 0.3 is 0 Å². The molecule has 0 unspecified atom stereocenters. The third kappa shape index (κ3) is 2.75. The molecular formula is C14H10BrClN2OS. The minimum Gasteiger partial charge on any atom is -0.497 e. The van der Waals surface area contributed by atoms with E-state index in [1.165, 1.54) is 0 Å². The number of anilines is 2. The molecule has 0 saturated carbocycles. The molecule has 0 saturated heterocycles. The van der Waals surface area contributed by atoms with Gasteiger partial charge in [0.1, 0.15) is 5.75 Å². The molecule has 0 spiro atoms. The number of hydrogen-bond acceptors (Lipinski definition) is 4. The molecule has 0 radical (unpaired) electrons. The predicted octanol–water partition coefficient (Wildman–Crippen LogP) is 5.46. The molecular weight excluding hydrogens is 360 g/mol. The first-order valence-electron chi connectivity index (χ1n) is 5.82. The molecule has 0 bridgehead atoms. The number of halogens is 2. The third-order valence-corrected chi connectivity index (χ3v) is 4.59. The van der Waals surface area contributed by atoms with E-state index in [2.05, 4.69) is 26.2 Å². The van der Waals surface area contributed by atoms with Crippen molar-refractivity contribution in [2.75, 3.05) is 12.4 Å². The van der Waals surface area contributed by atoms with Crippen LogP contribution in [0.25, 0.3) is 10.2 Å². The van der Waals surface area contributed by atoms with Crippen LogP contribution in [0.5, 0.6) is 5.75 Å². The molecule has 0 aliphatic carbocycles. The van der Waals surface area contributed by atoms with Crippen LogP contribution in [0.4, 0.5) is 10.8 Å². The molecule has 20 heavy (non-hydrogen) atoms. The molecule has 3 aromatic rings. The number of ether oxygens (including phenoxy) is 1. The van der Waals surface area contributed by atoms with Crippen molar-refractivity contribution in [1.82, 2.24) is 4.98 Å². The summed E-state index contributed by atoms with van der Waals surface area (Å²) in [6.07, 6.45) is 0. The van der Waals surface area contributed by atoms with E-state index in [-0.39, 0.29) is 0 Å². The number of hydrogen-bond donors (Lipinski definition) is 1. The molecule has 1 N–H and O–H groups in total. The highest BCUT2D eigenvalue weighted by atomic mass is 79.9. The number of methoxy groups -OCH3 is 1. The summed E-state index contributed by atoms with van der Waals surface area (Å²) in [5.41, 5.74) is 1.88. The summed E-state index contributed by atoms with van der Waals surface area (Å²) >= 11 is 11.0. The summed E-state index contributed by atoms with van der Waals surface area (Å²) in [7, 11) is 1.66. The fourth-order valence-corrected chi connectivity index (χ4v) is 3.48. The first-order chi connectivity index (χ1) is 9.65. The summed E-state index contributed by atoms with van der Waals surface area (Å²) in [6, 6.07) is 11.4. The van der Waals surface area contributed by atoms with Crippen molar-refractivity contribution in [3.05, 3.63) is 45.9 Å². The van der Waals surface area contributed by atoms with Crippen LogP contribution in [-0.2, 0) is 0 Å². The van der Waals surface area contributed by atoms with E-state index in [0.717, 1.165) is 31.3 Å². The number of aromatic nitrogens is 1.